The number of benzene rings is 1. The van der Waals surface area contributed by atoms with Gasteiger partial charge < -0.3 is 5.32 Å². The number of rotatable bonds is 5. The van der Waals surface area contributed by atoms with E-state index in [2.05, 4.69) is 21.8 Å². The third-order valence-electron chi connectivity index (χ3n) is 3.39. The highest BCUT2D eigenvalue weighted by molar-refractivity contribution is 7.84. The van der Waals surface area contributed by atoms with Crippen LogP contribution in [0.1, 0.15) is 23.7 Å². The van der Waals surface area contributed by atoms with Gasteiger partial charge in [0, 0.05) is 34.9 Å². The van der Waals surface area contributed by atoms with Gasteiger partial charge in [-0.15, -0.1) is 0 Å². The summed E-state index contributed by atoms with van der Waals surface area (Å²) in [6.45, 7) is 7.76. The quantitative estimate of drug-likeness (QED) is 0.872. The first-order valence-corrected chi connectivity index (χ1v) is 9.50. The lowest BCUT2D eigenvalue weighted by molar-refractivity contribution is 0.250. The minimum Gasteiger partial charge on any atom is -0.334 e. The molecule has 130 valence electrons. The summed E-state index contributed by atoms with van der Waals surface area (Å²) >= 11 is 0. The van der Waals surface area contributed by atoms with Crippen molar-refractivity contribution in [2.45, 2.75) is 33.7 Å². The topological polar surface area (TPSA) is 76.0 Å². The average Bonchev–Trinajstić information content (AvgIpc) is 2.76. The molecule has 0 aliphatic carbocycles. The minimum absolute atomic E-state index is 0.172. The molecule has 2 aromatic rings. The van der Waals surface area contributed by atoms with Crippen LogP contribution >= 0.6 is 0 Å². The number of hydrogen-bond donors (Lipinski definition) is 2. The molecule has 0 aliphatic heterocycles. The van der Waals surface area contributed by atoms with E-state index in [0.717, 1.165) is 22.5 Å². The SMILES string of the molecule is Cc1cc(C)cc(-n2nc(C)cc2NC(=O)N[C@@H](C)C[S@@](C)=O)c1. The third-order valence-corrected chi connectivity index (χ3v) is 4.36. The van der Waals surface area contributed by atoms with Crippen LogP contribution in [0.25, 0.3) is 5.69 Å². The van der Waals surface area contributed by atoms with E-state index < -0.39 is 10.8 Å². The number of anilines is 1. The molecule has 24 heavy (non-hydrogen) atoms. The van der Waals surface area contributed by atoms with Gasteiger partial charge in [-0.2, -0.15) is 5.10 Å². The maximum atomic E-state index is 12.2. The molecule has 1 heterocycles. The molecule has 2 rings (SSSR count). The van der Waals surface area contributed by atoms with Crippen LogP contribution in [-0.4, -0.2) is 38.1 Å². The number of nitrogens with zero attached hydrogens (tertiary/aromatic N) is 2. The molecule has 0 saturated heterocycles. The highest BCUT2D eigenvalue weighted by atomic mass is 32.2. The molecule has 0 spiro atoms. The van der Waals surface area contributed by atoms with Crippen LogP contribution < -0.4 is 10.6 Å². The van der Waals surface area contributed by atoms with Crippen molar-refractivity contribution in [1.82, 2.24) is 15.1 Å². The number of aromatic nitrogens is 2. The molecule has 1 aromatic heterocycles. The normalized spacial score (nSPS) is 13.4. The lowest BCUT2D eigenvalue weighted by atomic mass is 10.1. The smallest absolute Gasteiger partial charge is 0.320 e. The number of nitrogens with one attached hydrogen (secondary N) is 2. The van der Waals surface area contributed by atoms with Gasteiger partial charge in [-0.3, -0.25) is 9.53 Å². The molecule has 7 heteroatoms. The van der Waals surface area contributed by atoms with Gasteiger partial charge in [-0.25, -0.2) is 9.48 Å². The fourth-order valence-corrected chi connectivity index (χ4v) is 3.42. The van der Waals surface area contributed by atoms with E-state index in [0.29, 0.717) is 11.6 Å². The zero-order valence-electron chi connectivity index (χ0n) is 14.7. The maximum absolute atomic E-state index is 12.2. The average molecular weight is 348 g/mol. The van der Waals surface area contributed by atoms with E-state index in [1.165, 1.54) is 0 Å². The second-order valence-corrected chi connectivity index (χ2v) is 7.65. The van der Waals surface area contributed by atoms with E-state index in [4.69, 9.17) is 0 Å². The summed E-state index contributed by atoms with van der Waals surface area (Å²) in [4.78, 5) is 12.2. The Labute approximate surface area is 145 Å². The Morgan fingerprint density at radius 2 is 1.83 bits per heavy atom. The highest BCUT2D eigenvalue weighted by Crippen LogP contribution is 2.19. The van der Waals surface area contributed by atoms with Gasteiger partial charge in [0.05, 0.1) is 11.4 Å². The van der Waals surface area contributed by atoms with Gasteiger partial charge in [0.1, 0.15) is 5.82 Å². The monoisotopic (exact) mass is 348 g/mol. The highest BCUT2D eigenvalue weighted by Gasteiger charge is 2.13. The van der Waals surface area contributed by atoms with Crippen LogP contribution in [0, 0.1) is 20.8 Å². The van der Waals surface area contributed by atoms with Crippen molar-refractivity contribution in [2.24, 2.45) is 0 Å². The van der Waals surface area contributed by atoms with E-state index in [1.807, 2.05) is 45.9 Å². The molecule has 6 nitrogen and oxygen atoms in total. The Kier molecular flexibility index (Phi) is 5.77. The third kappa shape index (κ3) is 4.92. The van der Waals surface area contributed by atoms with Crippen molar-refractivity contribution in [3.63, 3.8) is 0 Å². The van der Waals surface area contributed by atoms with Crippen molar-refractivity contribution in [3.8, 4) is 5.69 Å². The molecule has 2 N–H and O–H groups in total. The van der Waals surface area contributed by atoms with Crippen LogP contribution in [0.15, 0.2) is 24.3 Å². The summed E-state index contributed by atoms with van der Waals surface area (Å²) < 4.78 is 12.9. The Balaban J connectivity index is 2.20. The molecule has 2 amide bonds. The second-order valence-electron chi connectivity index (χ2n) is 6.17. The Morgan fingerprint density at radius 1 is 1.21 bits per heavy atom. The predicted octanol–water partition coefficient (Wildman–Crippen LogP) is 2.69. The van der Waals surface area contributed by atoms with Gasteiger partial charge >= 0.3 is 6.03 Å². The van der Waals surface area contributed by atoms with Crippen LogP contribution in [-0.2, 0) is 10.8 Å². The summed E-state index contributed by atoms with van der Waals surface area (Å²) in [5.74, 6) is 1.02. The van der Waals surface area contributed by atoms with Crippen LogP contribution in [0.5, 0.6) is 0 Å². The maximum Gasteiger partial charge on any atom is 0.320 e. The van der Waals surface area contributed by atoms with Gasteiger partial charge in [0.15, 0.2) is 0 Å². The number of urea groups is 1. The van der Waals surface area contributed by atoms with E-state index in [1.54, 1.807) is 10.9 Å². The molecule has 0 aliphatic rings. The number of aryl methyl sites for hydroxylation is 3. The lowest BCUT2D eigenvalue weighted by Crippen LogP contribution is -2.39. The van der Waals surface area contributed by atoms with Crippen molar-refractivity contribution in [1.29, 1.82) is 0 Å². The first kappa shape index (κ1) is 18.2. The first-order valence-electron chi connectivity index (χ1n) is 7.77. The molecule has 0 unspecified atom stereocenters. The van der Waals surface area contributed by atoms with Crippen molar-refractivity contribution in [3.05, 3.63) is 41.1 Å². The molecule has 1 aromatic carbocycles. The van der Waals surface area contributed by atoms with Gasteiger partial charge in [-0.05, 0) is 51.0 Å². The van der Waals surface area contributed by atoms with Crippen LogP contribution in [0.4, 0.5) is 10.6 Å². The summed E-state index contributed by atoms with van der Waals surface area (Å²) in [5.41, 5.74) is 3.98. The molecule has 2 atom stereocenters. The van der Waals surface area contributed by atoms with E-state index in [-0.39, 0.29) is 12.1 Å². The van der Waals surface area contributed by atoms with Crippen LogP contribution in [0.2, 0.25) is 0 Å². The summed E-state index contributed by atoms with van der Waals surface area (Å²) in [6.07, 6.45) is 1.62. The zero-order chi connectivity index (χ0) is 17.9. The number of carbonyl (C=O) groups is 1. The Bertz CT molecular complexity index is 750. The minimum atomic E-state index is -0.954. The van der Waals surface area contributed by atoms with Crippen LogP contribution in [0.3, 0.4) is 0 Å². The molecule has 0 bridgehead atoms. The zero-order valence-corrected chi connectivity index (χ0v) is 15.5. The fourth-order valence-electron chi connectivity index (χ4n) is 2.63. The van der Waals surface area contributed by atoms with Crippen molar-refractivity contribution >= 4 is 22.6 Å². The van der Waals surface area contributed by atoms with E-state index in [9.17, 15) is 9.00 Å². The molecule has 0 saturated carbocycles. The Hall–Kier alpha value is -2.15. The molecular weight excluding hydrogens is 324 g/mol. The van der Waals surface area contributed by atoms with Crippen molar-refractivity contribution in [2.75, 3.05) is 17.3 Å². The van der Waals surface area contributed by atoms with E-state index >= 15 is 0 Å². The Morgan fingerprint density at radius 3 is 2.42 bits per heavy atom. The largest absolute Gasteiger partial charge is 0.334 e. The van der Waals surface area contributed by atoms with Gasteiger partial charge in [0.2, 0.25) is 0 Å². The summed E-state index contributed by atoms with van der Waals surface area (Å²) in [5, 5.41) is 10.1. The summed E-state index contributed by atoms with van der Waals surface area (Å²) in [7, 11) is -0.954. The van der Waals surface area contributed by atoms with Gasteiger partial charge in [-0.1, -0.05) is 6.07 Å². The molecule has 0 radical (unpaired) electrons. The number of carbonyl (C=O) groups excluding carboxylic acids is 1. The first-order chi connectivity index (χ1) is 11.2. The number of amides is 2. The van der Waals surface area contributed by atoms with Gasteiger partial charge in [0.25, 0.3) is 0 Å². The predicted molar refractivity (Wildman–Crippen MR) is 98.3 cm³/mol. The second kappa shape index (κ2) is 7.61. The summed E-state index contributed by atoms with van der Waals surface area (Å²) in [6, 6.07) is 7.44. The molecule has 0 fully saturated rings. The fraction of sp³-hybridized carbons (Fsp3) is 0.412. The number of hydrogen-bond acceptors (Lipinski definition) is 3. The lowest BCUT2D eigenvalue weighted by Gasteiger charge is -2.14. The molecular formula is C17H24N4O2S. The standard InChI is InChI=1S/C17H24N4O2S/c1-11-6-12(2)8-15(7-11)21-16(9-13(3)20-21)19-17(22)18-14(4)10-24(5)23/h6-9,14H,10H2,1-5H3,(H2,18,19,22)/t14-,24+/m0/s1. The van der Waals surface area contributed by atoms with Crippen molar-refractivity contribution < 1.29 is 9.00 Å².